The van der Waals surface area contributed by atoms with Crippen LogP contribution in [0.25, 0.3) is 10.9 Å². The van der Waals surface area contributed by atoms with E-state index in [4.69, 9.17) is 11.6 Å². The summed E-state index contributed by atoms with van der Waals surface area (Å²) < 4.78 is 1.44. The van der Waals surface area contributed by atoms with Crippen molar-refractivity contribution < 1.29 is 9.59 Å². The van der Waals surface area contributed by atoms with Gasteiger partial charge in [0.25, 0.3) is 11.5 Å². The highest BCUT2D eigenvalue weighted by molar-refractivity contribution is 6.31. The van der Waals surface area contributed by atoms with E-state index < -0.39 is 11.2 Å². The van der Waals surface area contributed by atoms with Gasteiger partial charge in [-0.2, -0.15) is 0 Å². The Morgan fingerprint density at radius 2 is 1.63 bits per heavy atom. The largest absolute Gasteiger partial charge is 0.339 e. The van der Waals surface area contributed by atoms with Crippen molar-refractivity contribution in [2.75, 3.05) is 26.2 Å². The van der Waals surface area contributed by atoms with E-state index in [-0.39, 0.29) is 24.3 Å². The number of carbonyl (C=O) groups is 2. The lowest BCUT2D eigenvalue weighted by Crippen LogP contribution is -2.51. The molecule has 1 aromatic heterocycles. The number of amides is 2. The van der Waals surface area contributed by atoms with Crippen LogP contribution in [0.5, 0.6) is 0 Å². The second-order valence-corrected chi connectivity index (χ2v) is 9.67. The number of nitrogens with one attached hydrogen (secondary N) is 1. The van der Waals surface area contributed by atoms with Crippen molar-refractivity contribution in [2.45, 2.75) is 32.2 Å². The van der Waals surface area contributed by atoms with Crippen LogP contribution in [0.2, 0.25) is 5.02 Å². The van der Waals surface area contributed by atoms with Crippen molar-refractivity contribution in [3.05, 3.63) is 79.5 Å². The van der Waals surface area contributed by atoms with Crippen molar-refractivity contribution in [3.63, 3.8) is 0 Å². The number of H-pyrrole nitrogens is 1. The molecule has 0 radical (unpaired) electrons. The molecule has 0 atom stereocenters. The standard InChI is InChI=1S/C26H27ClN4O4/c27-21-10-9-18(25(34)30-13-11-29(12-14-30)24(33)17-5-1-2-6-17)15-19(21)16-31-22-8-4-3-7-20(22)23(32)28-26(31)35/h3-4,7-10,15,17H,1-2,5-6,11-14,16H2,(H,28,32,35). The first-order valence-electron chi connectivity index (χ1n) is 12.0. The van der Waals surface area contributed by atoms with Gasteiger partial charge in [0.05, 0.1) is 17.4 Å². The van der Waals surface area contributed by atoms with Crippen LogP contribution < -0.4 is 11.2 Å². The summed E-state index contributed by atoms with van der Waals surface area (Å²) in [5, 5.41) is 0.830. The van der Waals surface area contributed by atoms with Gasteiger partial charge in [0, 0.05) is 42.7 Å². The summed E-state index contributed by atoms with van der Waals surface area (Å²) in [5.74, 6) is 0.236. The molecule has 8 nitrogen and oxygen atoms in total. The van der Waals surface area contributed by atoms with Crippen LogP contribution >= 0.6 is 11.6 Å². The number of carbonyl (C=O) groups excluding carboxylic acids is 2. The first-order valence-corrected chi connectivity index (χ1v) is 12.4. The van der Waals surface area contributed by atoms with Crippen LogP contribution in [-0.4, -0.2) is 57.3 Å². The van der Waals surface area contributed by atoms with Crippen molar-refractivity contribution >= 4 is 34.3 Å². The summed E-state index contributed by atoms with van der Waals surface area (Å²) in [4.78, 5) is 56.7. The molecule has 1 saturated heterocycles. The maximum atomic E-state index is 13.2. The van der Waals surface area contributed by atoms with Gasteiger partial charge in [0.1, 0.15) is 0 Å². The summed E-state index contributed by atoms with van der Waals surface area (Å²) in [7, 11) is 0. The molecule has 1 saturated carbocycles. The number of halogens is 1. The predicted octanol–water partition coefficient (Wildman–Crippen LogP) is 2.87. The van der Waals surface area contributed by atoms with Crippen LogP contribution in [0.15, 0.2) is 52.1 Å². The number of piperazine rings is 1. The molecule has 9 heteroatoms. The Hall–Kier alpha value is -3.39. The fourth-order valence-corrected chi connectivity index (χ4v) is 5.32. The highest BCUT2D eigenvalue weighted by Gasteiger charge is 2.30. The topological polar surface area (TPSA) is 95.5 Å². The molecule has 0 unspecified atom stereocenters. The number of fused-ring (bicyclic) bond motifs is 1. The molecule has 1 N–H and O–H groups in total. The minimum Gasteiger partial charge on any atom is -0.339 e. The Bertz CT molecular complexity index is 1400. The molecule has 35 heavy (non-hydrogen) atoms. The van der Waals surface area contributed by atoms with E-state index in [2.05, 4.69) is 4.98 Å². The van der Waals surface area contributed by atoms with Crippen molar-refractivity contribution in [1.82, 2.24) is 19.4 Å². The smallest absolute Gasteiger partial charge is 0.329 e. The lowest BCUT2D eigenvalue weighted by atomic mass is 10.1. The molecule has 5 rings (SSSR count). The van der Waals surface area contributed by atoms with Gasteiger partial charge < -0.3 is 9.80 Å². The lowest BCUT2D eigenvalue weighted by molar-refractivity contribution is -0.136. The number of rotatable bonds is 4. The molecule has 0 bridgehead atoms. The molecule has 1 aliphatic carbocycles. The SMILES string of the molecule is O=C(c1ccc(Cl)c(Cn2c(=O)[nH]c(=O)c3ccccc32)c1)N1CCN(C(=O)C2CCCC2)CC1. The minimum absolute atomic E-state index is 0.111. The predicted molar refractivity (Wildman–Crippen MR) is 134 cm³/mol. The van der Waals surface area contributed by atoms with E-state index in [1.807, 2.05) is 4.90 Å². The van der Waals surface area contributed by atoms with E-state index in [1.54, 1.807) is 47.4 Å². The third-order valence-corrected chi connectivity index (χ3v) is 7.48. The third kappa shape index (κ3) is 4.62. The zero-order chi connectivity index (χ0) is 24.5. The molecule has 2 amide bonds. The van der Waals surface area contributed by atoms with E-state index in [0.717, 1.165) is 25.7 Å². The number of aromatic nitrogens is 2. The van der Waals surface area contributed by atoms with Gasteiger partial charge in [-0.3, -0.25) is 23.9 Å². The number of nitrogens with zero attached hydrogens (tertiary/aromatic N) is 3. The molecular formula is C26H27ClN4O4. The zero-order valence-corrected chi connectivity index (χ0v) is 20.1. The van der Waals surface area contributed by atoms with Gasteiger partial charge in [-0.1, -0.05) is 36.6 Å². The molecular weight excluding hydrogens is 468 g/mol. The van der Waals surface area contributed by atoms with E-state index in [0.29, 0.717) is 53.2 Å². The molecule has 0 spiro atoms. The third-order valence-electron chi connectivity index (χ3n) is 7.11. The van der Waals surface area contributed by atoms with Crippen LogP contribution in [-0.2, 0) is 11.3 Å². The molecule has 1 aliphatic heterocycles. The Balaban J connectivity index is 1.34. The average molecular weight is 495 g/mol. The first kappa shape index (κ1) is 23.4. The second kappa shape index (κ2) is 9.70. The fourth-order valence-electron chi connectivity index (χ4n) is 5.14. The number of aromatic amines is 1. The van der Waals surface area contributed by atoms with Gasteiger partial charge in [0.2, 0.25) is 5.91 Å². The highest BCUT2D eigenvalue weighted by atomic mass is 35.5. The van der Waals surface area contributed by atoms with E-state index in [9.17, 15) is 19.2 Å². The summed E-state index contributed by atoms with van der Waals surface area (Å²) >= 11 is 6.43. The van der Waals surface area contributed by atoms with Crippen molar-refractivity contribution in [1.29, 1.82) is 0 Å². The number of benzene rings is 2. The van der Waals surface area contributed by atoms with Gasteiger partial charge in [-0.05, 0) is 48.7 Å². The Labute approximate surface area is 207 Å². The summed E-state index contributed by atoms with van der Waals surface area (Å²) in [6.07, 6.45) is 4.18. The maximum Gasteiger partial charge on any atom is 0.329 e. The van der Waals surface area contributed by atoms with Gasteiger partial charge in [-0.25, -0.2) is 4.79 Å². The molecule has 182 valence electrons. The highest BCUT2D eigenvalue weighted by Crippen LogP contribution is 2.27. The summed E-state index contributed by atoms with van der Waals surface area (Å²) in [6.45, 7) is 2.17. The molecule has 3 aromatic rings. The van der Waals surface area contributed by atoms with E-state index in [1.165, 1.54) is 4.57 Å². The zero-order valence-electron chi connectivity index (χ0n) is 19.3. The molecule has 2 aromatic carbocycles. The number of para-hydroxylation sites is 1. The summed E-state index contributed by atoms with van der Waals surface area (Å²) in [5.41, 5.74) is 0.595. The van der Waals surface area contributed by atoms with Crippen LogP contribution in [0.4, 0.5) is 0 Å². The average Bonchev–Trinajstić information content (AvgIpc) is 3.42. The normalized spacial score (nSPS) is 16.7. The lowest BCUT2D eigenvalue weighted by Gasteiger charge is -2.36. The maximum absolute atomic E-state index is 13.2. The second-order valence-electron chi connectivity index (χ2n) is 9.27. The number of hydrogen-bond donors (Lipinski definition) is 1. The quantitative estimate of drug-likeness (QED) is 0.603. The van der Waals surface area contributed by atoms with Crippen LogP contribution in [0.1, 0.15) is 41.6 Å². The van der Waals surface area contributed by atoms with Crippen LogP contribution in [0.3, 0.4) is 0 Å². The van der Waals surface area contributed by atoms with Gasteiger partial charge in [0.15, 0.2) is 0 Å². The van der Waals surface area contributed by atoms with Crippen molar-refractivity contribution in [2.24, 2.45) is 5.92 Å². The molecule has 2 aliphatic rings. The van der Waals surface area contributed by atoms with Crippen molar-refractivity contribution in [3.8, 4) is 0 Å². The van der Waals surface area contributed by atoms with Crippen LogP contribution in [0, 0.1) is 5.92 Å². The number of hydrogen-bond acceptors (Lipinski definition) is 4. The Morgan fingerprint density at radius 3 is 2.37 bits per heavy atom. The Morgan fingerprint density at radius 1 is 0.943 bits per heavy atom. The molecule has 2 heterocycles. The summed E-state index contributed by atoms with van der Waals surface area (Å²) in [6, 6.07) is 11.9. The monoisotopic (exact) mass is 494 g/mol. The fraction of sp³-hybridized carbons (Fsp3) is 0.385. The molecule has 2 fully saturated rings. The first-order chi connectivity index (χ1) is 16.9. The van der Waals surface area contributed by atoms with Gasteiger partial charge >= 0.3 is 5.69 Å². The van der Waals surface area contributed by atoms with Gasteiger partial charge in [-0.15, -0.1) is 0 Å². The minimum atomic E-state index is -0.537. The van der Waals surface area contributed by atoms with E-state index >= 15 is 0 Å². The Kier molecular flexibility index (Phi) is 6.47.